The number of nitrogens with zero attached hydrogens (tertiary/aromatic N) is 1. The third kappa shape index (κ3) is 3.51. The molecule has 1 unspecified atom stereocenters. The molecule has 2 aromatic carbocycles. The maximum Gasteiger partial charge on any atom is 0.254 e. The second-order valence-electron chi connectivity index (χ2n) is 6.86. The predicted molar refractivity (Wildman–Crippen MR) is 100.0 cm³/mol. The van der Waals surface area contributed by atoms with Gasteiger partial charge in [0.2, 0.25) is 0 Å². The largest absolute Gasteiger partial charge is 0.486 e. The lowest BCUT2D eigenvalue weighted by Crippen LogP contribution is -2.30. The third-order valence-electron chi connectivity index (χ3n) is 4.97. The van der Waals surface area contributed by atoms with Crippen LogP contribution in [0.4, 0.5) is 0 Å². The zero-order valence-electron chi connectivity index (χ0n) is 15.1. The fourth-order valence-electron chi connectivity index (χ4n) is 3.65. The fourth-order valence-corrected chi connectivity index (χ4v) is 4.32. The highest BCUT2D eigenvalue weighted by Crippen LogP contribution is 2.38. The van der Waals surface area contributed by atoms with Crippen molar-refractivity contribution in [2.75, 3.05) is 26.0 Å². The van der Waals surface area contributed by atoms with Gasteiger partial charge in [-0.3, -0.25) is 4.79 Å². The van der Waals surface area contributed by atoms with Gasteiger partial charge in [-0.1, -0.05) is 12.1 Å². The maximum atomic E-state index is 13.1. The Hall–Kier alpha value is -2.54. The molecule has 7 heteroatoms. The lowest BCUT2D eigenvalue weighted by atomic mass is 10.0. The quantitative estimate of drug-likeness (QED) is 0.810. The van der Waals surface area contributed by atoms with Gasteiger partial charge in [-0.2, -0.15) is 0 Å². The molecular weight excluding hydrogens is 366 g/mol. The molecule has 0 aliphatic carbocycles. The van der Waals surface area contributed by atoms with E-state index in [1.807, 2.05) is 23.1 Å². The number of hydrogen-bond donors (Lipinski definition) is 0. The standard InChI is InChI=1S/C20H21NO5S/c1-27(23,24)16-5-2-4-15(12-16)20(22)21-9-3-6-17(21)14-7-8-18-19(13-14)26-11-10-25-18/h2,4-5,7-8,12-13,17H,3,6,9-11H2,1H3. The average Bonchev–Trinajstić information content (AvgIpc) is 3.16. The van der Waals surface area contributed by atoms with Crippen molar-refractivity contribution in [2.45, 2.75) is 23.8 Å². The number of amides is 1. The normalized spacial score (nSPS) is 19.1. The molecule has 1 amide bonds. The smallest absolute Gasteiger partial charge is 0.254 e. The van der Waals surface area contributed by atoms with Crippen LogP contribution in [0.2, 0.25) is 0 Å². The molecule has 4 rings (SSSR count). The molecule has 1 fully saturated rings. The Bertz CT molecular complexity index is 986. The molecule has 0 saturated carbocycles. The van der Waals surface area contributed by atoms with Gasteiger partial charge in [0.1, 0.15) is 13.2 Å². The summed E-state index contributed by atoms with van der Waals surface area (Å²) in [7, 11) is -3.36. The van der Waals surface area contributed by atoms with Crippen LogP contribution in [0, 0.1) is 0 Å². The van der Waals surface area contributed by atoms with Crippen LogP contribution in [0.3, 0.4) is 0 Å². The summed E-state index contributed by atoms with van der Waals surface area (Å²) in [6, 6.07) is 12.0. The highest BCUT2D eigenvalue weighted by molar-refractivity contribution is 7.90. The minimum absolute atomic E-state index is 0.0600. The minimum atomic E-state index is -3.36. The van der Waals surface area contributed by atoms with E-state index in [1.165, 1.54) is 12.1 Å². The number of carbonyl (C=O) groups is 1. The minimum Gasteiger partial charge on any atom is -0.486 e. The lowest BCUT2D eigenvalue weighted by molar-refractivity contribution is 0.0735. The van der Waals surface area contributed by atoms with Crippen molar-refractivity contribution >= 4 is 15.7 Å². The van der Waals surface area contributed by atoms with Gasteiger partial charge in [-0.05, 0) is 48.7 Å². The summed E-state index contributed by atoms with van der Waals surface area (Å²) in [6.07, 6.45) is 2.90. The first kappa shape index (κ1) is 17.9. The van der Waals surface area contributed by atoms with E-state index in [4.69, 9.17) is 9.47 Å². The molecule has 2 aliphatic rings. The van der Waals surface area contributed by atoms with Gasteiger partial charge >= 0.3 is 0 Å². The van der Waals surface area contributed by atoms with Crippen LogP contribution >= 0.6 is 0 Å². The van der Waals surface area contributed by atoms with Crippen LogP contribution in [-0.2, 0) is 9.84 Å². The van der Waals surface area contributed by atoms with Crippen molar-refractivity contribution in [3.05, 3.63) is 53.6 Å². The van der Waals surface area contributed by atoms with Crippen molar-refractivity contribution in [3.63, 3.8) is 0 Å². The Balaban J connectivity index is 1.63. The third-order valence-corrected chi connectivity index (χ3v) is 6.08. The SMILES string of the molecule is CS(=O)(=O)c1cccc(C(=O)N2CCCC2c2ccc3c(c2)OCCO3)c1. The van der Waals surface area contributed by atoms with E-state index in [0.29, 0.717) is 31.1 Å². The second-order valence-corrected chi connectivity index (χ2v) is 8.88. The molecule has 2 aromatic rings. The van der Waals surface area contributed by atoms with Gasteiger partial charge in [-0.25, -0.2) is 8.42 Å². The highest BCUT2D eigenvalue weighted by Gasteiger charge is 2.31. The van der Waals surface area contributed by atoms with Crippen LogP contribution in [0.5, 0.6) is 11.5 Å². The van der Waals surface area contributed by atoms with Gasteiger partial charge in [-0.15, -0.1) is 0 Å². The molecule has 0 radical (unpaired) electrons. The van der Waals surface area contributed by atoms with E-state index in [2.05, 4.69) is 0 Å². The van der Waals surface area contributed by atoms with Crippen molar-refractivity contribution in [3.8, 4) is 11.5 Å². The molecule has 2 aliphatic heterocycles. The van der Waals surface area contributed by atoms with Gasteiger partial charge in [0, 0.05) is 18.4 Å². The Morgan fingerprint density at radius 3 is 2.63 bits per heavy atom. The average molecular weight is 387 g/mol. The zero-order chi connectivity index (χ0) is 19.0. The van der Waals surface area contributed by atoms with Crippen molar-refractivity contribution in [1.82, 2.24) is 4.90 Å². The molecule has 0 aromatic heterocycles. The summed E-state index contributed by atoms with van der Waals surface area (Å²) in [5.41, 5.74) is 1.40. The van der Waals surface area contributed by atoms with E-state index in [9.17, 15) is 13.2 Å². The molecule has 142 valence electrons. The van der Waals surface area contributed by atoms with Crippen LogP contribution in [0.15, 0.2) is 47.4 Å². The summed E-state index contributed by atoms with van der Waals surface area (Å²) in [6.45, 7) is 1.69. The number of sulfone groups is 1. The Kier molecular flexibility index (Phi) is 4.55. The lowest BCUT2D eigenvalue weighted by Gasteiger charge is -2.27. The molecule has 1 atom stereocenters. The molecule has 6 nitrogen and oxygen atoms in total. The van der Waals surface area contributed by atoms with Crippen molar-refractivity contribution < 1.29 is 22.7 Å². The first-order valence-corrected chi connectivity index (χ1v) is 10.8. The first-order valence-electron chi connectivity index (χ1n) is 8.94. The number of hydrogen-bond acceptors (Lipinski definition) is 5. The van der Waals surface area contributed by atoms with E-state index in [1.54, 1.807) is 12.1 Å². The van der Waals surface area contributed by atoms with Crippen LogP contribution < -0.4 is 9.47 Å². The van der Waals surface area contributed by atoms with E-state index in [-0.39, 0.29) is 16.8 Å². The van der Waals surface area contributed by atoms with Gasteiger partial charge in [0.05, 0.1) is 10.9 Å². The molecule has 0 bridgehead atoms. The number of carbonyl (C=O) groups excluding carboxylic acids is 1. The number of likely N-dealkylation sites (tertiary alicyclic amines) is 1. The summed E-state index contributed by atoms with van der Waals surface area (Å²) < 4.78 is 34.8. The second kappa shape index (κ2) is 6.88. The summed E-state index contributed by atoms with van der Waals surface area (Å²) in [4.78, 5) is 15.0. The van der Waals surface area contributed by atoms with Crippen molar-refractivity contribution in [2.24, 2.45) is 0 Å². The predicted octanol–water partition coefficient (Wildman–Crippen LogP) is 2.84. The molecule has 1 saturated heterocycles. The van der Waals surface area contributed by atoms with Crippen LogP contribution in [-0.4, -0.2) is 45.2 Å². The molecular formula is C20H21NO5S. The summed E-state index contributed by atoms with van der Waals surface area (Å²) >= 11 is 0. The summed E-state index contributed by atoms with van der Waals surface area (Å²) in [5, 5.41) is 0. The topological polar surface area (TPSA) is 72.9 Å². The van der Waals surface area contributed by atoms with Gasteiger partial charge in [0.15, 0.2) is 21.3 Å². The Morgan fingerprint density at radius 2 is 1.85 bits per heavy atom. The van der Waals surface area contributed by atoms with Crippen LogP contribution in [0.1, 0.15) is 34.8 Å². The van der Waals surface area contributed by atoms with Gasteiger partial charge in [0.25, 0.3) is 5.91 Å². The number of fused-ring (bicyclic) bond motifs is 1. The monoisotopic (exact) mass is 387 g/mol. The van der Waals surface area contributed by atoms with E-state index in [0.717, 1.165) is 30.4 Å². The number of rotatable bonds is 3. The van der Waals surface area contributed by atoms with Gasteiger partial charge < -0.3 is 14.4 Å². The highest BCUT2D eigenvalue weighted by atomic mass is 32.2. The number of benzene rings is 2. The Morgan fingerprint density at radius 1 is 1.07 bits per heavy atom. The van der Waals surface area contributed by atoms with Crippen molar-refractivity contribution in [1.29, 1.82) is 0 Å². The molecule has 27 heavy (non-hydrogen) atoms. The first-order chi connectivity index (χ1) is 12.9. The van der Waals surface area contributed by atoms with E-state index >= 15 is 0 Å². The fraction of sp³-hybridized carbons (Fsp3) is 0.350. The molecule has 2 heterocycles. The molecule has 0 spiro atoms. The zero-order valence-corrected chi connectivity index (χ0v) is 15.9. The van der Waals surface area contributed by atoms with E-state index < -0.39 is 9.84 Å². The maximum absolute atomic E-state index is 13.1. The Labute approximate surface area is 158 Å². The number of ether oxygens (including phenoxy) is 2. The summed E-state index contributed by atoms with van der Waals surface area (Å²) in [5.74, 6) is 1.27. The van der Waals surface area contributed by atoms with Crippen LogP contribution in [0.25, 0.3) is 0 Å². The molecule has 0 N–H and O–H groups in total.